The molecular weight excluding hydrogens is 332 g/mol. The smallest absolute Gasteiger partial charge is 0.233 e. The first-order valence-corrected chi connectivity index (χ1v) is 8.65. The van der Waals surface area contributed by atoms with Crippen LogP contribution in [0.25, 0.3) is 0 Å². The average molecular weight is 358 g/mol. The van der Waals surface area contributed by atoms with E-state index in [0.717, 1.165) is 29.3 Å². The van der Waals surface area contributed by atoms with E-state index in [0.29, 0.717) is 24.5 Å². The Morgan fingerprint density at radius 1 is 1.27 bits per heavy atom. The normalized spacial score (nSPS) is 13.7. The van der Waals surface area contributed by atoms with Crippen LogP contribution in [0.3, 0.4) is 0 Å². The molecule has 2 heterocycles. The number of benzene rings is 1. The number of H-pyrrole nitrogens is 1. The van der Waals surface area contributed by atoms with E-state index in [1.54, 1.807) is 19.1 Å². The van der Waals surface area contributed by atoms with Crippen molar-refractivity contribution in [2.24, 2.45) is 5.41 Å². The average Bonchev–Trinajstić information content (AvgIpc) is 3.12. The van der Waals surface area contributed by atoms with E-state index in [1.807, 2.05) is 18.2 Å². The molecule has 0 fully saturated rings. The van der Waals surface area contributed by atoms with E-state index in [4.69, 9.17) is 9.47 Å². The van der Waals surface area contributed by atoms with Gasteiger partial charge in [-0.05, 0) is 17.5 Å². The van der Waals surface area contributed by atoms with Crippen LogP contribution >= 0.6 is 0 Å². The first-order chi connectivity index (χ1) is 12.3. The van der Waals surface area contributed by atoms with Gasteiger partial charge < -0.3 is 14.8 Å². The highest BCUT2D eigenvalue weighted by molar-refractivity contribution is 6.01. The number of carbonyl (C=O) groups is 1. The second-order valence-corrected chi connectivity index (χ2v) is 7.65. The Hall–Kier alpha value is -2.70. The van der Waals surface area contributed by atoms with Crippen molar-refractivity contribution < 1.29 is 14.3 Å². The maximum atomic E-state index is 12.6. The standard InChI is InChI=1S/C19H26N4O3/c1-19(2,3)11-20-17-14-9-16(24)23(18(14)22-21-17)10-12-6-7-13(25-4)8-15(12)26-5/h6-8H,9-11H2,1-5H3,(H2,20,21,22). The molecule has 1 aliphatic rings. The SMILES string of the molecule is COc1ccc(CN2C(=O)Cc3c(NCC(C)(C)C)n[nH]c32)c(OC)c1. The van der Waals surface area contributed by atoms with Crippen molar-refractivity contribution in [2.45, 2.75) is 33.7 Å². The van der Waals surface area contributed by atoms with Crippen LogP contribution in [0.15, 0.2) is 18.2 Å². The number of rotatable bonds is 6. The van der Waals surface area contributed by atoms with E-state index in [1.165, 1.54) is 0 Å². The van der Waals surface area contributed by atoms with Gasteiger partial charge in [0.2, 0.25) is 5.91 Å². The molecule has 0 saturated carbocycles. The molecule has 0 atom stereocenters. The molecule has 2 aromatic rings. The van der Waals surface area contributed by atoms with Gasteiger partial charge >= 0.3 is 0 Å². The first-order valence-electron chi connectivity index (χ1n) is 8.65. The molecule has 26 heavy (non-hydrogen) atoms. The molecule has 1 aromatic heterocycles. The molecule has 1 aliphatic heterocycles. The van der Waals surface area contributed by atoms with Crippen LogP contribution < -0.4 is 19.7 Å². The minimum absolute atomic E-state index is 0.0466. The van der Waals surface area contributed by atoms with Crippen molar-refractivity contribution in [2.75, 3.05) is 31.0 Å². The topological polar surface area (TPSA) is 79.5 Å². The van der Waals surface area contributed by atoms with Crippen molar-refractivity contribution in [3.8, 4) is 11.5 Å². The van der Waals surface area contributed by atoms with Gasteiger partial charge in [-0.25, -0.2) is 0 Å². The number of hydrogen-bond acceptors (Lipinski definition) is 5. The summed E-state index contributed by atoms with van der Waals surface area (Å²) in [4.78, 5) is 14.3. The fraction of sp³-hybridized carbons (Fsp3) is 0.474. The van der Waals surface area contributed by atoms with Gasteiger partial charge in [0.05, 0.1) is 27.2 Å². The highest BCUT2D eigenvalue weighted by atomic mass is 16.5. The Balaban J connectivity index is 1.82. The van der Waals surface area contributed by atoms with E-state index in [2.05, 4.69) is 36.3 Å². The van der Waals surface area contributed by atoms with Gasteiger partial charge in [-0.3, -0.25) is 14.8 Å². The lowest BCUT2D eigenvalue weighted by Crippen LogP contribution is -2.27. The minimum Gasteiger partial charge on any atom is -0.497 e. The predicted octanol–water partition coefficient (Wildman–Crippen LogP) is 2.97. The molecule has 3 rings (SSSR count). The van der Waals surface area contributed by atoms with Crippen LogP contribution in [0, 0.1) is 5.41 Å². The van der Waals surface area contributed by atoms with Crippen molar-refractivity contribution in [3.05, 3.63) is 29.3 Å². The maximum Gasteiger partial charge on any atom is 0.233 e. The van der Waals surface area contributed by atoms with Crippen LogP contribution in [0.1, 0.15) is 31.9 Å². The lowest BCUT2D eigenvalue weighted by Gasteiger charge is -2.18. The summed E-state index contributed by atoms with van der Waals surface area (Å²) in [5, 5.41) is 10.7. The zero-order chi connectivity index (χ0) is 18.9. The second-order valence-electron chi connectivity index (χ2n) is 7.65. The fourth-order valence-corrected chi connectivity index (χ4v) is 2.93. The molecule has 1 aromatic carbocycles. The lowest BCUT2D eigenvalue weighted by molar-refractivity contribution is -0.117. The number of nitrogens with one attached hydrogen (secondary N) is 2. The molecule has 2 N–H and O–H groups in total. The van der Waals surface area contributed by atoms with E-state index in [-0.39, 0.29) is 11.3 Å². The number of hydrogen-bond donors (Lipinski definition) is 2. The third-order valence-electron chi connectivity index (χ3n) is 4.35. The molecule has 140 valence electrons. The first kappa shape index (κ1) is 18.1. The van der Waals surface area contributed by atoms with E-state index < -0.39 is 0 Å². The minimum atomic E-state index is 0.0466. The van der Waals surface area contributed by atoms with Crippen molar-refractivity contribution in [1.29, 1.82) is 0 Å². The number of fused-ring (bicyclic) bond motifs is 1. The summed E-state index contributed by atoms with van der Waals surface area (Å²) in [5.74, 6) is 2.97. The van der Waals surface area contributed by atoms with Crippen LogP contribution in [0.2, 0.25) is 0 Å². The quantitative estimate of drug-likeness (QED) is 0.830. The molecule has 0 unspecified atom stereocenters. The number of amides is 1. The Kier molecular flexibility index (Phi) is 4.80. The van der Waals surface area contributed by atoms with E-state index >= 15 is 0 Å². The molecule has 0 saturated heterocycles. The summed E-state index contributed by atoms with van der Waals surface area (Å²) in [6.07, 6.45) is 0.344. The molecule has 1 amide bonds. The van der Waals surface area contributed by atoms with Crippen molar-refractivity contribution in [3.63, 3.8) is 0 Å². The van der Waals surface area contributed by atoms with E-state index in [9.17, 15) is 4.79 Å². The van der Waals surface area contributed by atoms with Crippen LogP contribution in [0.4, 0.5) is 11.6 Å². The molecule has 7 nitrogen and oxygen atoms in total. The predicted molar refractivity (Wildman–Crippen MR) is 101 cm³/mol. The van der Waals surface area contributed by atoms with Gasteiger partial charge in [0.25, 0.3) is 0 Å². The van der Waals surface area contributed by atoms with Crippen molar-refractivity contribution >= 4 is 17.5 Å². The Bertz CT molecular complexity index is 808. The summed E-state index contributed by atoms with van der Waals surface area (Å²) in [7, 11) is 3.22. The molecule has 0 radical (unpaired) electrons. The van der Waals surface area contributed by atoms with Gasteiger partial charge in [-0.1, -0.05) is 20.8 Å². The highest BCUT2D eigenvalue weighted by Gasteiger charge is 2.33. The Morgan fingerprint density at radius 3 is 2.69 bits per heavy atom. The van der Waals surface area contributed by atoms with Gasteiger partial charge in [0, 0.05) is 23.7 Å². The van der Waals surface area contributed by atoms with Crippen LogP contribution in [-0.2, 0) is 17.8 Å². The largest absolute Gasteiger partial charge is 0.497 e. The van der Waals surface area contributed by atoms with Gasteiger partial charge in [-0.15, -0.1) is 0 Å². The number of carbonyl (C=O) groups excluding carboxylic acids is 1. The number of aromatic amines is 1. The number of methoxy groups -OCH3 is 2. The second kappa shape index (κ2) is 6.90. The Morgan fingerprint density at radius 2 is 2.04 bits per heavy atom. The van der Waals surface area contributed by atoms with Gasteiger partial charge in [0.15, 0.2) is 5.82 Å². The Labute approximate surface area is 153 Å². The van der Waals surface area contributed by atoms with Crippen LogP contribution in [0.5, 0.6) is 11.5 Å². The number of ether oxygens (including phenoxy) is 2. The third kappa shape index (κ3) is 3.61. The van der Waals surface area contributed by atoms with Gasteiger partial charge in [0.1, 0.15) is 17.3 Å². The maximum absolute atomic E-state index is 12.6. The van der Waals surface area contributed by atoms with Gasteiger partial charge in [-0.2, -0.15) is 5.10 Å². The monoisotopic (exact) mass is 358 g/mol. The summed E-state index contributed by atoms with van der Waals surface area (Å²) < 4.78 is 10.7. The zero-order valence-electron chi connectivity index (χ0n) is 16.0. The summed E-state index contributed by atoms with van der Waals surface area (Å²) in [6, 6.07) is 5.60. The zero-order valence-corrected chi connectivity index (χ0v) is 16.0. The summed E-state index contributed by atoms with van der Waals surface area (Å²) >= 11 is 0. The number of anilines is 2. The fourth-order valence-electron chi connectivity index (χ4n) is 2.93. The van der Waals surface area contributed by atoms with Crippen LogP contribution in [-0.4, -0.2) is 36.9 Å². The third-order valence-corrected chi connectivity index (χ3v) is 4.35. The molecular formula is C19H26N4O3. The molecule has 0 bridgehead atoms. The van der Waals surface area contributed by atoms with Crippen molar-refractivity contribution in [1.82, 2.24) is 10.2 Å². The molecule has 0 aliphatic carbocycles. The summed E-state index contributed by atoms with van der Waals surface area (Å²) in [5.41, 5.74) is 1.96. The molecule has 0 spiro atoms. The number of aromatic nitrogens is 2. The molecule has 7 heteroatoms. The lowest BCUT2D eigenvalue weighted by atomic mass is 9.97. The number of nitrogens with zero attached hydrogens (tertiary/aromatic N) is 2. The summed E-state index contributed by atoms with van der Waals surface area (Å²) in [6.45, 7) is 7.66. The highest BCUT2D eigenvalue weighted by Crippen LogP contribution is 2.35.